The van der Waals surface area contributed by atoms with Crippen molar-refractivity contribution in [3.05, 3.63) is 29.8 Å². The maximum atomic E-state index is 5.68. The molecule has 0 amide bonds. The van der Waals surface area contributed by atoms with Gasteiger partial charge in [-0.05, 0) is 25.4 Å². The molecule has 0 heterocycles. The highest BCUT2D eigenvalue weighted by Crippen LogP contribution is 2.13. The highest BCUT2D eigenvalue weighted by Gasteiger charge is 2.01. The number of hydrogen-bond acceptors (Lipinski definition) is 4. The first-order chi connectivity index (χ1) is 8.63. The van der Waals surface area contributed by atoms with E-state index in [0.717, 1.165) is 30.2 Å². The molecule has 0 bridgehead atoms. The van der Waals surface area contributed by atoms with Gasteiger partial charge in [0, 0.05) is 24.4 Å². The van der Waals surface area contributed by atoms with E-state index in [1.54, 1.807) is 0 Å². The van der Waals surface area contributed by atoms with Crippen molar-refractivity contribution in [3.63, 3.8) is 0 Å². The Kier molecular flexibility index (Phi) is 7.08. The van der Waals surface area contributed by atoms with Crippen LogP contribution in [0.2, 0.25) is 0 Å². The van der Waals surface area contributed by atoms with Crippen molar-refractivity contribution >= 4 is 29.0 Å². The summed E-state index contributed by atoms with van der Waals surface area (Å²) in [6, 6.07) is 7.59. The number of ether oxygens (including phenoxy) is 1. The summed E-state index contributed by atoms with van der Waals surface area (Å²) in [5, 5.41) is 0. The summed E-state index contributed by atoms with van der Waals surface area (Å²) >= 11 is 6.79. The van der Waals surface area contributed by atoms with Crippen LogP contribution in [0.3, 0.4) is 0 Å². The van der Waals surface area contributed by atoms with Crippen LogP contribution in [0.15, 0.2) is 24.3 Å². The maximum Gasteiger partial charge on any atom is 0.120 e. The number of benzene rings is 1. The first kappa shape index (κ1) is 15.3. The van der Waals surface area contributed by atoms with Gasteiger partial charge in [0.1, 0.15) is 17.3 Å². The summed E-state index contributed by atoms with van der Waals surface area (Å²) < 4.78 is 5.68. The number of rotatable bonds is 8. The summed E-state index contributed by atoms with van der Waals surface area (Å²) in [5.41, 5.74) is 6.43. The first-order valence-electron chi connectivity index (χ1n) is 5.83. The highest BCUT2D eigenvalue weighted by atomic mass is 32.2. The predicted octanol–water partition coefficient (Wildman–Crippen LogP) is 1.99. The van der Waals surface area contributed by atoms with E-state index in [2.05, 4.69) is 18.2 Å². The first-order valence-corrected chi connectivity index (χ1v) is 7.64. The molecule has 1 rings (SSSR count). The fourth-order valence-corrected chi connectivity index (χ4v) is 2.04. The van der Waals surface area contributed by atoms with Crippen LogP contribution in [0.25, 0.3) is 0 Å². The second-order valence-corrected chi connectivity index (χ2v) is 5.46. The minimum Gasteiger partial charge on any atom is -0.492 e. The van der Waals surface area contributed by atoms with Crippen LogP contribution in [0.1, 0.15) is 5.56 Å². The van der Waals surface area contributed by atoms with Crippen molar-refractivity contribution in [1.29, 1.82) is 0 Å². The molecule has 0 saturated carbocycles. The summed E-state index contributed by atoms with van der Waals surface area (Å²) in [6.07, 6.45) is 2.12. The molecule has 0 aliphatic heterocycles. The zero-order chi connectivity index (χ0) is 13.4. The van der Waals surface area contributed by atoms with E-state index in [9.17, 15) is 0 Å². The third-order valence-corrected chi connectivity index (χ3v) is 3.36. The van der Waals surface area contributed by atoms with Gasteiger partial charge in [-0.2, -0.15) is 11.8 Å². The van der Waals surface area contributed by atoms with Gasteiger partial charge < -0.3 is 15.4 Å². The van der Waals surface area contributed by atoms with Crippen molar-refractivity contribution in [1.82, 2.24) is 4.90 Å². The Labute approximate surface area is 119 Å². The van der Waals surface area contributed by atoms with Gasteiger partial charge in [-0.3, -0.25) is 0 Å². The minimum absolute atomic E-state index is 0.400. The molecule has 0 atom stereocenters. The number of nitrogens with zero attached hydrogens (tertiary/aromatic N) is 1. The molecule has 100 valence electrons. The van der Waals surface area contributed by atoms with Crippen LogP contribution >= 0.6 is 24.0 Å². The van der Waals surface area contributed by atoms with Gasteiger partial charge in [0.15, 0.2) is 0 Å². The van der Waals surface area contributed by atoms with E-state index in [4.69, 9.17) is 22.7 Å². The van der Waals surface area contributed by atoms with Crippen LogP contribution in [0.5, 0.6) is 5.75 Å². The maximum absolute atomic E-state index is 5.68. The minimum atomic E-state index is 0.400. The van der Waals surface area contributed by atoms with Crippen LogP contribution < -0.4 is 10.5 Å². The normalized spacial score (nSPS) is 10.6. The van der Waals surface area contributed by atoms with E-state index >= 15 is 0 Å². The number of nitrogens with two attached hydrogens (primary N) is 1. The SMILES string of the molecule is CSCCN(C)CCOc1cccc(C(N)=S)c1. The lowest BCUT2D eigenvalue weighted by molar-refractivity contribution is 0.245. The van der Waals surface area contributed by atoms with Crippen molar-refractivity contribution in [2.45, 2.75) is 0 Å². The Hall–Kier alpha value is -0.780. The van der Waals surface area contributed by atoms with Gasteiger partial charge in [0.2, 0.25) is 0 Å². The van der Waals surface area contributed by atoms with Crippen molar-refractivity contribution in [3.8, 4) is 5.75 Å². The lowest BCUT2D eigenvalue weighted by atomic mass is 10.2. The van der Waals surface area contributed by atoms with Crippen LogP contribution in [0, 0.1) is 0 Å². The quantitative estimate of drug-likeness (QED) is 0.739. The molecule has 5 heteroatoms. The second kappa shape index (κ2) is 8.34. The van der Waals surface area contributed by atoms with E-state index in [0.29, 0.717) is 11.6 Å². The highest BCUT2D eigenvalue weighted by molar-refractivity contribution is 7.98. The van der Waals surface area contributed by atoms with Crippen molar-refractivity contribution < 1.29 is 4.74 Å². The fourth-order valence-electron chi connectivity index (χ4n) is 1.42. The molecule has 0 saturated heterocycles. The third-order valence-electron chi connectivity index (χ3n) is 2.54. The van der Waals surface area contributed by atoms with Gasteiger partial charge in [-0.25, -0.2) is 0 Å². The van der Waals surface area contributed by atoms with Gasteiger partial charge in [-0.15, -0.1) is 0 Å². The molecule has 0 aliphatic rings. The van der Waals surface area contributed by atoms with Crippen LogP contribution in [-0.4, -0.2) is 48.6 Å². The molecule has 2 N–H and O–H groups in total. The van der Waals surface area contributed by atoms with Gasteiger partial charge >= 0.3 is 0 Å². The lowest BCUT2D eigenvalue weighted by Crippen LogP contribution is -2.26. The molecule has 18 heavy (non-hydrogen) atoms. The summed E-state index contributed by atoms with van der Waals surface area (Å²) in [5.74, 6) is 1.96. The topological polar surface area (TPSA) is 38.5 Å². The number of thiocarbonyl (C=S) groups is 1. The average Bonchev–Trinajstić information content (AvgIpc) is 2.36. The Bertz CT molecular complexity index is 385. The van der Waals surface area contributed by atoms with Crippen LogP contribution in [-0.2, 0) is 0 Å². The Morgan fingerprint density at radius 2 is 2.22 bits per heavy atom. The number of thioether (sulfide) groups is 1. The Morgan fingerprint density at radius 1 is 1.44 bits per heavy atom. The standard InChI is InChI=1S/C13H20N2OS2/c1-15(7-9-18-2)6-8-16-12-5-3-4-11(10-12)13(14)17/h3-5,10H,6-9H2,1-2H3,(H2,14,17). The lowest BCUT2D eigenvalue weighted by Gasteiger charge is -2.16. The monoisotopic (exact) mass is 284 g/mol. The smallest absolute Gasteiger partial charge is 0.120 e. The van der Waals surface area contributed by atoms with Gasteiger partial charge in [0.05, 0.1) is 0 Å². The Morgan fingerprint density at radius 3 is 2.89 bits per heavy atom. The summed E-state index contributed by atoms with van der Waals surface area (Å²) in [6.45, 7) is 2.67. The molecule has 0 aliphatic carbocycles. The zero-order valence-electron chi connectivity index (χ0n) is 10.9. The molecule has 1 aromatic rings. The van der Waals surface area contributed by atoms with Gasteiger partial charge in [0.25, 0.3) is 0 Å². The third kappa shape index (κ3) is 5.71. The molecular weight excluding hydrogens is 264 g/mol. The van der Waals surface area contributed by atoms with Crippen LogP contribution in [0.4, 0.5) is 0 Å². The number of hydrogen-bond donors (Lipinski definition) is 1. The largest absolute Gasteiger partial charge is 0.492 e. The molecule has 0 radical (unpaired) electrons. The van der Waals surface area contributed by atoms with Gasteiger partial charge in [-0.1, -0.05) is 24.4 Å². The molecule has 0 unspecified atom stereocenters. The van der Waals surface area contributed by atoms with Crippen molar-refractivity contribution in [2.24, 2.45) is 5.73 Å². The molecule has 1 aromatic carbocycles. The summed E-state index contributed by atoms with van der Waals surface area (Å²) in [7, 11) is 2.10. The predicted molar refractivity (Wildman–Crippen MR) is 83.7 cm³/mol. The number of likely N-dealkylation sites (N-methyl/N-ethyl adjacent to an activating group) is 1. The molecule has 0 aromatic heterocycles. The van der Waals surface area contributed by atoms with E-state index in [1.165, 1.54) is 0 Å². The van der Waals surface area contributed by atoms with Crippen molar-refractivity contribution in [2.75, 3.05) is 38.8 Å². The zero-order valence-corrected chi connectivity index (χ0v) is 12.5. The molecule has 0 spiro atoms. The molecular formula is C13H20N2OS2. The second-order valence-electron chi connectivity index (χ2n) is 4.04. The van der Waals surface area contributed by atoms with E-state index in [1.807, 2.05) is 36.0 Å². The average molecular weight is 284 g/mol. The van der Waals surface area contributed by atoms with E-state index < -0.39 is 0 Å². The Balaban J connectivity index is 2.35. The molecule has 0 fully saturated rings. The van der Waals surface area contributed by atoms with E-state index in [-0.39, 0.29) is 0 Å². The molecule has 3 nitrogen and oxygen atoms in total. The fraction of sp³-hybridized carbons (Fsp3) is 0.462. The summed E-state index contributed by atoms with van der Waals surface area (Å²) in [4.78, 5) is 2.66.